The second-order valence-corrected chi connectivity index (χ2v) is 11.0. The minimum Gasteiger partial charge on any atom is -0.427 e. The maximum Gasteiger partial charge on any atom is 0.298 e. The monoisotopic (exact) mass is 560 g/mol. The number of piperidine rings is 2. The third kappa shape index (κ3) is 5.39. The first-order valence-electron chi connectivity index (χ1n) is 14.1. The average Bonchev–Trinajstić information content (AvgIpc) is 3.23. The number of nitrogens with zero attached hydrogens (tertiary/aromatic N) is 5. The number of nitrogens with one attached hydrogen (secondary N) is 1. The molecule has 4 aliphatic heterocycles. The molecule has 1 unspecified atom stereocenters. The van der Waals surface area contributed by atoms with Gasteiger partial charge in [-0.1, -0.05) is 0 Å². The summed E-state index contributed by atoms with van der Waals surface area (Å²) in [6.45, 7) is 6.76. The van der Waals surface area contributed by atoms with Crippen LogP contribution in [0.3, 0.4) is 0 Å². The zero-order chi connectivity index (χ0) is 28.5. The number of aromatic nitrogens is 1. The second-order valence-electron chi connectivity index (χ2n) is 11.0. The van der Waals surface area contributed by atoms with E-state index < -0.39 is 23.8 Å². The molecule has 2 aromatic rings. The smallest absolute Gasteiger partial charge is 0.298 e. The predicted molar refractivity (Wildman–Crippen MR) is 148 cm³/mol. The molecule has 1 aromatic heterocycles. The van der Waals surface area contributed by atoms with Gasteiger partial charge in [0.2, 0.25) is 11.8 Å². The summed E-state index contributed by atoms with van der Waals surface area (Å²) in [6, 6.07) is 7.99. The van der Waals surface area contributed by atoms with E-state index in [1.54, 1.807) is 24.4 Å². The number of rotatable bonds is 7. The minimum absolute atomic E-state index is 0.0999. The maximum absolute atomic E-state index is 13.2. The van der Waals surface area contributed by atoms with Gasteiger partial charge in [0, 0.05) is 57.9 Å². The molecule has 1 atom stereocenters. The number of imide groups is 2. The molecule has 4 aliphatic rings. The highest BCUT2D eigenvalue weighted by atomic mass is 16.5. The van der Waals surface area contributed by atoms with Gasteiger partial charge in [0.25, 0.3) is 18.3 Å². The van der Waals surface area contributed by atoms with Gasteiger partial charge in [-0.25, -0.2) is 4.98 Å². The Bertz CT molecular complexity index is 1360. The second kappa shape index (κ2) is 11.3. The molecule has 12 heteroatoms. The third-order valence-corrected chi connectivity index (χ3v) is 8.52. The van der Waals surface area contributed by atoms with Crippen LogP contribution in [0.5, 0.6) is 5.75 Å². The third-order valence-electron chi connectivity index (χ3n) is 8.52. The van der Waals surface area contributed by atoms with Crippen molar-refractivity contribution in [3.8, 4) is 5.75 Å². The number of ether oxygens (including phenoxy) is 1. The molecule has 0 bridgehead atoms. The van der Waals surface area contributed by atoms with Gasteiger partial charge in [-0.05, 0) is 55.5 Å². The van der Waals surface area contributed by atoms with Crippen molar-refractivity contribution in [3.63, 3.8) is 0 Å². The molecule has 4 amide bonds. The van der Waals surface area contributed by atoms with Gasteiger partial charge in [0.15, 0.2) is 0 Å². The van der Waals surface area contributed by atoms with Crippen molar-refractivity contribution in [3.05, 3.63) is 47.7 Å². The van der Waals surface area contributed by atoms with Crippen LogP contribution in [0.1, 0.15) is 46.4 Å². The van der Waals surface area contributed by atoms with Crippen LogP contribution in [0.25, 0.3) is 0 Å². The molecule has 6 rings (SSSR count). The molecule has 41 heavy (non-hydrogen) atoms. The molecule has 0 saturated carbocycles. The number of fused-ring (bicyclic) bond motifs is 1. The highest BCUT2D eigenvalue weighted by Crippen LogP contribution is 2.31. The molecule has 5 heterocycles. The van der Waals surface area contributed by atoms with Crippen molar-refractivity contribution in [2.45, 2.75) is 31.7 Å². The van der Waals surface area contributed by atoms with Crippen molar-refractivity contribution in [1.82, 2.24) is 20.1 Å². The van der Waals surface area contributed by atoms with Gasteiger partial charge < -0.3 is 14.5 Å². The first kappa shape index (κ1) is 26.9. The maximum atomic E-state index is 13.2. The molecule has 3 saturated heterocycles. The van der Waals surface area contributed by atoms with Crippen LogP contribution in [0.15, 0.2) is 36.5 Å². The lowest BCUT2D eigenvalue weighted by Gasteiger charge is -2.40. The summed E-state index contributed by atoms with van der Waals surface area (Å²) in [6.07, 6.45) is 3.98. The van der Waals surface area contributed by atoms with Gasteiger partial charge in [-0.3, -0.25) is 39.1 Å². The zero-order valence-electron chi connectivity index (χ0n) is 22.7. The van der Waals surface area contributed by atoms with Crippen molar-refractivity contribution < 1.29 is 28.7 Å². The van der Waals surface area contributed by atoms with E-state index in [0.717, 1.165) is 75.1 Å². The van der Waals surface area contributed by atoms with Crippen molar-refractivity contribution in [2.75, 3.05) is 55.6 Å². The first-order chi connectivity index (χ1) is 19.9. The number of hydrogen-bond donors (Lipinski definition) is 1. The van der Waals surface area contributed by atoms with E-state index in [9.17, 15) is 24.0 Å². The van der Waals surface area contributed by atoms with E-state index in [1.807, 2.05) is 12.1 Å². The summed E-state index contributed by atoms with van der Waals surface area (Å²) >= 11 is 0. The number of anilines is 2. The number of amides is 4. The van der Waals surface area contributed by atoms with Gasteiger partial charge in [0.05, 0.1) is 17.3 Å². The molecule has 0 spiro atoms. The van der Waals surface area contributed by atoms with Crippen molar-refractivity contribution in [2.24, 2.45) is 5.92 Å². The molecule has 3 fully saturated rings. The minimum atomic E-state index is -0.959. The summed E-state index contributed by atoms with van der Waals surface area (Å²) in [4.78, 5) is 72.9. The van der Waals surface area contributed by atoms with Crippen LogP contribution in [0.4, 0.5) is 11.5 Å². The van der Waals surface area contributed by atoms with E-state index in [4.69, 9.17) is 4.74 Å². The summed E-state index contributed by atoms with van der Waals surface area (Å²) < 4.78 is 4.82. The van der Waals surface area contributed by atoms with Crippen LogP contribution in [0.2, 0.25) is 0 Å². The van der Waals surface area contributed by atoms with Gasteiger partial charge >= 0.3 is 0 Å². The Morgan fingerprint density at radius 2 is 1.63 bits per heavy atom. The summed E-state index contributed by atoms with van der Waals surface area (Å²) in [5.41, 5.74) is 1.50. The quantitative estimate of drug-likeness (QED) is 0.387. The van der Waals surface area contributed by atoms with E-state index >= 15 is 0 Å². The fourth-order valence-corrected chi connectivity index (χ4v) is 6.24. The predicted octanol–water partition coefficient (Wildman–Crippen LogP) is 1.06. The number of piperazine rings is 1. The lowest BCUT2D eigenvalue weighted by Crippen LogP contribution is -2.54. The fourth-order valence-electron chi connectivity index (χ4n) is 6.24. The molecule has 0 aliphatic carbocycles. The summed E-state index contributed by atoms with van der Waals surface area (Å²) in [5.74, 6) is -0.0153. The Balaban J connectivity index is 1.01. The molecule has 0 radical (unpaired) electrons. The Hall–Kier alpha value is -4.32. The number of hydrogen-bond acceptors (Lipinski definition) is 10. The zero-order valence-corrected chi connectivity index (χ0v) is 22.7. The SMILES string of the molecule is O=COc1ccc(N2CCC(CN3CCN(c4ccc5c(c4)C(=O)N(C4CCC(=O)NC4=O)C5=O)CC3)CC2)nc1. The lowest BCUT2D eigenvalue weighted by atomic mass is 9.96. The number of benzene rings is 1. The van der Waals surface area contributed by atoms with Gasteiger partial charge in [-0.2, -0.15) is 0 Å². The topological polar surface area (TPSA) is 132 Å². The fraction of sp³-hybridized carbons (Fsp3) is 0.448. The highest BCUT2D eigenvalue weighted by molar-refractivity contribution is 6.23. The Morgan fingerprint density at radius 1 is 0.878 bits per heavy atom. The van der Waals surface area contributed by atoms with Crippen LogP contribution in [-0.4, -0.2) is 96.7 Å². The number of carbonyl (C=O) groups excluding carboxylic acids is 5. The molecule has 1 aromatic carbocycles. The van der Waals surface area contributed by atoms with E-state index in [2.05, 4.69) is 25.0 Å². The van der Waals surface area contributed by atoms with Crippen LogP contribution in [0, 0.1) is 5.92 Å². The Labute approximate surface area is 237 Å². The van der Waals surface area contributed by atoms with Gasteiger partial charge in [0.1, 0.15) is 17.6 Å². The van der Waals surface area contributed by atoms with E-state index in [-0.39, 0.29) is 18.7 Å². The largest absolute Gasteiger partial charge is 0.427 e. The van der Waals surface area contributed by atoms with Crippen LogP contribution < -0.4 is 19.9 Å². The Kier molecular flexibility index (Phi) is 7.39. The van der Waals surface area contributed by atoms with E-state index in [1.165, 1.54) is 0 Å². The van der Waals surface area contributed by atoms with Crippen LogP contribution >= 0.6 is 0 Å². The molecular formula is C29H32N6O6. The summed E-state index contributed by atoms with van der Waals surface area (Å²) in [5, 5.41) is 2.23. The van der Waals surface area contributed by atoms with E-state index in [0.29, 0.717) is 29.3 Å². The standard InChI is InChI=1S/C29H32N6O6/c36-18-41-21-2-5-25(30-16-21)34-9-7-19(8-10-34)17-32-11-13-33(14-12-32)20-1-3-22-23(15-20)29(40)35(28(22)39)24-4-6-26(37)31-27(24)38/h1-3,5,15-16,18-19,24H,4,6-14,17H2,(H,31,37,38). The highest BCUT2D eigenvalue weighted by Gasteiger charge is 2.44. The Morgan fingerprint density at radius 3 is 2.32 bits per heavy atom. The normalized spacial score (nSPS) is 22.1. The molecule has 1 N–H and O–H groups in total. The average molecular weight is 561 g/mol. The first-order valence-corrected chi connectivity index (χ1v) is 14.1. The van der Waals surface area contributed by atoms with Crippen molar-refractivity contribution in [1.29, 1.82) is 0 Å². The molecular weight excluding hydrogens is 528 g/mol. The molecule has 214 valence electrons. The van der Waals surface area contributed by atoms with Gasteiger partial charge in [-0.15, -0.1) is 0 Å². The number of pyridine rings is 1. The number of carbonyl (C=O) groups is 5. The lowest BCUT2D eigenvalue weighted by molar-refractivity contribution is -0.136. The van der Waals surface area contributed by atoms with Crippen molar-refractivity contribution >= 4 is 41.6 Å². The molecule has 12 nitrogen and oxygen atoms in total. The summed E-state index contributed by atoms with van der Waals surface area (Å²) in [7, 11) is 0. The van der Waals surface area contributed by atoms with Crippen LogP contribution in [-0.2, 0) is 14.4 Å².